The number of urea groups is 1. The molecule has 0 atom stereocenters. The van der Waals surface area contributed by atoms with Crippen molar-refractivity contribution in [3.05, 3.63) is 72.1 Å². The van der Waals surface area contributed by atoms with Gasteiger partial charge in [0, 0.05) is 68.2 Å². The molecule has 0 radical (unpaired) electrons. The lowest BCUT2D eigenvalue weighted by Gasteiger charge is -2.33. The summed E-state index contributed by atoms with van der Waals surface area (Å²) in [6.45, 7) is 4.83. The highest BCUT2D eigenvalue weighted by molar-refractivity contribution is 6.00. The van der Waals surface area contributed by atoms with Crippen molar-refractivity contribution < 1.29 is 13.6 Å². The lowest BCUT2D eigenvalue weighted by atomic mass is 10.0. The highest BCUT2D eigenvalue weighted by Gasteiger charge is 2.29. The smallest absolute Gasteiger partial charge is 0.308 e. The van der Waals surface area contributed by atoms with Crippen LogP contribution in [0.4, 0.5) is 25.0 Å². The molecule has 3 heterocycles. The van der Waals surface area contributed by atoms with Gasteiger partial charge in [-0.3, -0.25) is 10.00 Å². The minimum absolute atomic E-state index is 0.0727. The number of hydrogen-bond acceptors (Lipinski definition) is 5. The number of nitrogens with zero attached hydrogens (tertiary/aromatic N) is 4. The van der Waals surface area contributed by atoms with Crippen molar-refractivity contribution >= 4 is 28.4 Å². The number of carbonyl (C=O) groups is 1. The van der Waals surface area contributed by atoms with Gasteiger partial charge in [0.15, 0.2) is 5.65 Å². The number of carbonyl (C=O) groups excluding carboxylic acids is 1. The van der Waals surface area contributed by atoms with Gasteiger partial charge in [0.2, 0.25) is 0 Å². The van der Waals surface area contributed by atoms with Crippen molar-refractivity contribution in [3.63, 3.8) is 0 Å². The number of benzene rings is 2. The Kier molecular flexibility index (Phi) is 6.86. The van der Waals surface area contributed by atoms with Gasteiger partial charge in [0.25, 0.3) is 5.92 Å². The van der Waals surface area contributed by atoms with Crippen LogP contribution in [0.25, 0.3) is 22.2 Å². The molecule has 3 N–H and O–H groups in total. The van der Waals surface area contributed by atoms with E-state index in [2.05, 4.69) is 42.7 Å². The van der Waals surface area contributed by atoms with E-state index < -0.39 is 12.0 Å². The minimum atomic E-state index is -3.03. The summed E-state index contributed by atoms with van der Waals surface area (Å²) in [5.74, 6) is -3.03. The second kappa shape index (κ2) is 10.2. The third-order valence-electron chi connectivity index (χ3n) is 6.64. The number of rotatable bonds is 6. The van der Waals surface area contributed by atoms with Crippen LogP contribution in [0.3, 0.4) is 0 Å². The second-order valence-electron chi connectivity index (χ2n) is 9.49. The van der Waals surface area contributed by atoms with Crippen molar-refractivity contribution in [2.75, 3.05) is 43.9 Å². The summed E-state index contributed by atoms with van der Waals surface area (Å²) in [6.07, 6.45) is 3.43. The maximum absolute atomic E-state index is 14.5. The van der Waals surface area contributed by atoms with Crippen molar-refractivity contribution in [2.45, 2.75) is 19.4 Å². The van der Waals surface area contributed by atoms with E-state index in [0.29, 0.717) is 29.1 Å². The fourth-order valence-electron chi connectivity index (χ4n) is 4.58. The van der Waals surface area contributed by atoms with Crippen molar-refractivity contribution in [3.8, 4) is 11.1 Å². The fraction of sp³-hybridized carbons (Fsp3) is 0.296. The van der Waals surface area contributed by atoms with Crippen molar-refractivity contribution in [1.82, 2.24) is 25.0 Å². The Morgan fingerprint density at radius 2 is 1.73 bits per heavy atom. The Morgan fingerprint density at radius 1 is 1.03 bits per heavy atom. The van der Waals surface area contributed by atoms with Crippen molar-refractivity contribution in [2.24, 2.45) is 0 Å². The van der Waals surface area contributed by atoms with Crippen LogP contribution in [-0.2, 0) is 12.5 Å². The van der Waals surface area contributed by atoms with Crippen LogP contribution in [0, 0.1) is 0 Å². The number of anilines is 2. The molecule has 2 aromatic heterocycles. The summed E-state index contributed by atoms with van der Waals surface area (Å²) >= 11 is 0. The van der Waals surface area contributed by atoms with Crippen molar-refractivity contribution in [1.29, 1.82) is 0 Å². The molecule has 1 fully saturated rings. The molecule has 10 heteroatoms. The number of halogens is 2. The Balaban J connectivity index is 1.26. The molecule has 0 bridgehead atoms. The molecule has 8 nitrogen and oxygen atoms in total. The highest BCUT2D eigenvalue weighted by atomic mass is 19.3. The molecule has 4 aromatic rings. The maximum atomic E-state index is 14.5. The Morgan fingerprint density at radius 3 is 2.46 bits per heavy atom. The number of fused-ring (bicyclic) bond motifs is 1. The normalized spacial score (nSPS) is 15.1. The number of pyridine rings is 1. The predicted octanol–water partition coefficient (Wildman–Crippen LogP) is 5.13. The first kappa shape index (κ1) is 24.8. The third-order valence-corrected chi connectivity index (χ3v) is 6.64. The number of piperazine rings is 1. The molecule has 1 aliphatic heterocycles. The highest BCUT2D eigenvalue weighted by Crippen LogP contribution is 2.33. The van der Waals surface area contributed by atoms with E-state index in [1.165, 1.54) is 6.07 Å². The second-order valence-corrected chi connectivity index (χ2v) is 9.49. The largest absolute Gasteiger partial charge is 0.323 e. The molecular weight excluding hydrogens is 476 g/mol. The van der Waals surface area contributed by atoms with Crippen LogP contribution in [0.2, 0.25) is 0 Å². The van der Waals surface area contributed by atoms with Gasteiger partial charge in [-0.2, -0.15) is 5.10 Å². The summed E-state index contributed by atoms with van der Waals surface area (Å²) < 4.78 is 29.0. The van der Waals surface area contributed by atoms with E-state index in [1.54, 1.807) is 36.7 Å². The summed E-state index contributed by atoms with van der Waals surface area (Å²) in [4.78, 5) is 21.3. The predicted molar refractivity (Wildman–Crippen MR) is 141 cm³/mol. The van der Waals surface area contributed by atoms with E-state index in [0.717, 1.165) is 49.6 Å². The number of likely N-dealkylation sites (N-methyl/N-ethyl adjacent to an activating group) is 1. The number of aromatic amines is 1. The minimum Gasteiger partial charge on any atom is -0.308 e. The molecule has 2 aromatic carbocycles. The molecule has 5 rings (SSSR count). The van der Waals surface area contributed by atoms with Crippen LogP contribution in [-0.4, -0.2) is 64.2 Å². The number of alkyl halides is 2. The molecular formula is C27H29F2N7O. The summed E-state index contributed by atoms with van der Waals surface area (Å²) in [7, 11) is 2.06. The summed E-state index contributed by atoms with van der Waals surface area (Å²) in [5, 5.41) is 13.2. The van der Waals surface area contributed by atoms with Gasteiger partial charge in [-0.25, -0.2) is 18.6 Å². The molecule has 0 aliphatic carbocycles. The average molecular weight is 506 g/mol. The van der Waals surface area contributed by atoms with Gasteiger partial charge >= 0.3 is 6.03 Å². The van der Waals surface area contributed by atoms with Crippen LogP contribution in [0.1, 0.15) is 18.1 Å². The van der Waals surface area contributed by atoms with E-state index in [1.807, 2.05) is 18.2 Å². The Hall–Kier alpha value is -3.89. The van der Waals surface area contributed by atoms with E-state index in [9.17, 15) is 13.6 Å². The van der Waals surface area contributed by atoms with E-state index in [4.69, 9.17) is 0 Å². The first-order valence-corrected chi connectivity index (χ1v) is 12.1. The van der Waals surface area contributed by atoms with Gasteiger partial charge in [0.1, 0.15) is 0 Å². The molecule has 0 saturated carbocycles. The molecule has 0 spiro atoms. The van der Waals surface area contributed by atoms with Crippen LogP contribution in [0.15, 0.2) is 60.9 Å². The van der Waals surface area contributed by atoms with Gasteiger partial charge in [-0.05, 0) is 54.1 Å². The number of nitrogens with one attached hydrogen (secondary N) is 3. The molecule has 192 valence electrons. The average Bonchev–Trinajstić information content (AvgIpc) is 3.35. The lowest BCUT2D eigenvalue weighted by Crippen LogP contribution is -2.44. The van der Waals surface area contributed by atoms with Gasteiger partial charge < -0.3 is 15.5 Å². The SMILES string of the molecule is CN1CCN(Cc2ccc(NC(=O)Nc3ccc(-c4ccnc5[nH]ncc45)cc3)cc2C(C)(F)F)CC1. The third kappa shape index (κ3) is 5.76. The summed E-state index contributed by atoms with van der Waals surface area (Å²) in [5.41, 5.74) is 4.01. The zero-order valence-electron chi connectivity index (χ0n) is 20.8. The zero-order valence-corrected chi connectivity index (χ0v) is 20.8. The number of aromatic nitrogens is 3. The molecule has 2 amide bonds. The monoisotopic (exact) mass is 505 g/mol. The number of H-pyrrole nitrogens is 1. The lowest BCUT2D eigenvalue weighted by molar-refractivity contribution is 0.0155. The van der Waals surface area contributed by atoms with Gasteiger partial charge in [-0.1, -0.05) is 18.2 Å². The van der Waals surface area contributed by atoms with E-state index in [-0.39, 0.29) is 5.56 Å². The number of hydrogen-bond donors (Lipinski definition) is 3. The Labute approximate surface area is 213 Å². The van der Waals surface area contributed by atoms with Crippen LogP contribution >= 0.6 is 0 Å². The van der Waals surface area contributed by atoms with E-state index >= 15 is 0 Å². The standard InChI is InChI=1S/C27H29F2N7O/c1-27(28,29)24-15-21(8-5-19(24)17-36-13-11-35(2)12-14-36)33-26(37)32-20-6-3-18(4-7-20)22-9-10-30-25-23(22)16-31-34-25/h3-10,15-16H,11-14,17H2,1-2H3,(H,30,31,34)(H2,32,33,37). The Bertz CT molecular complexity index is 1390. The molecule has 1 aliphatic rings. The molecule has 0 unspecified atom stereocenters. The summed E-state index contributed by atoms with van der Waals surface area (Å²) in [6, 6.07) is 13.5. The van der Waals surface area contributed by atoms with Gasteiger partial charge in [0.05, 0.1) is 6.20 Å². The van der Waals surface area contributed by atoms with Gasteiger partial charge in [-0.15, -0.1) is 0 Å². The molecule has 37 heavy (non-hydrogen) atoms. The molecule has 1 saturated heterocycles. The van der Waals surface area contributed by atoms with Crippen LogP contribution in [0.5, 0.6) is 0 Å². The first-order chi connectivity index (χ1) is 17.8. The fourth-order valence-corrected chi connectivity index (χ4v) is 4.58. The maximum Gasteiger partial charge on any atom is 0.323 e. The first-order valence-electron chi connectivity index (χ1n) is 12.1. The zero-order chi connectivity index (χ0) is 26.0. The van der Waals surface area contributed by atoms with Crippen LogP contribution < -0.4 is 10.6 Å². The topological polar surface area (TPSA) is 89.2 Å². The quantitative estimate of drug-likeness (QED) is 0.338. The number of amides is 2.